The number of aromatic hydroxyl groups is 2. The molecule has 3 rings (SSSR count). The first-order chi connectivity index (χ1) is 12.3. The van der Waals surface area contributed by atoms with Gasteiger partial charge in [-0.15, -0.1) is 0 Å². The molecule has 0 unspecified atom stereocenters. The van der Waals surface area contributed by atoms with Crippen LogP contribution in [0.2, 0.25) is 0 Å². The molecule has 0 saturated heterocycles. The summed E-state index contributed by atoms with van der Waals surface area (Å²) in [5.41, 5.74) is -0.538. The normalized spacial score (nSPS) is 13.3. The van der Waals surface area contributed by atoms with Crippen molar-refractivity contribution in [1.29, 1.82) is 0 Å². The zero-order chi connectivity index (χ0) is 19.1. The van der Waals surface area contributed by atoms with Crippen molar-refractivity contribution in [3.63, 3.8) is 0 Å². The van der Waals surface area contributed by atoms with Crippen molar-refractivity contribution in [3.05, 3.63) is 52.6 Å². The minimum atomic E-state index is -3.77. The highest BCUT2D eigenvalue weighted by Gasteiger charge is 2.34. The number of carbonyl (C=O) groups excluding carboxylic acids is 2. The Morgan fingerprint density at radius 3 is 2.19 bits per heavy atom. The topological polar surface area (TPSA) is 121 Å². The summed E-state index contributed by atoms with van der Waals surface area (Å²) in [4.78, 5) is 25.3. The van der Waals surface area contributed by atoms with E-state index in [0.717, 1.165) is 6.07 Å². The molecule has 0 fully saturated rings. The summed E-state index contributed by atoms with van der Waals surface area (Å²) in [6.45, 7) is 1.83. The second-order valence-electron chi connectivity index (χ2n) is 6.02. The second kappa shape index (κ2) is 6.45. The third kappa shape index (κ3) is 2.92. The number of ketones is 2. The smallest absolute Gasteiger partial charge is 0.232 e. The standard InChI is InChI=1S/C18H17NO6S/c1-2-3-8-26(24,25)19-13-9-12-14(18(23)17(13)22)16(21)11-7-5-4-6-10(11)15(12)20/h4-7,9,19,22-23H,2-3,8H2,1H3. The van der Waals surface area contributed by atoms with E-state index in [-0.39, 0.29) is 33.7 Å². The van der Waals surface area contributed by atoms with Crippen molar-refractivity contribution in [3.8, 4) is 11.5 Å². The highest BCUT2D eigenvalue weighted by Crippen LogP contribution is 2.43. The minimum Gasteiger partial charge on any atom is -0.504 e. The van der Waals surface area contributed by atoms with E-state index in [1.54, 1.807) is 12.1 Å². The van der Waals surface area contributed by atoms with Crippen LogP contribution in [-0.2, 0) is 10.0 Å². The first kappa shape index (κ1) is 17.9. The molecule has 8 heteroatoms. The molecule has 0 bridgehead atoms. The van der Waals surface area contributed by atoms with Crippen molar-refractivity contribution in [1.82, 2.24) is 0 Å². The summed E-state index contributed by atoms with van der Waals surface area (Å²) >= 11 is 0. The van der Waals surface area contributed by atoms with E-state index in [2.05, 4.69) is 4.72 Å². The number of phenolic OH excluding ortho intramolecular Hbond substituents is 2. The number of unbranched alkanes of at least 4 members (excludes halogenated alkanes) is 1. The molecule has 0 saturated carbocycles. The highest BCUT2D eigenvalue weighted by molar-refractivity contribution is 7.92. The third-order valence-electron chi connectivity index (χ3n) is 4.19. The van der Waals surface area contributed by atoms with Crippen molar-refractivity contribution < 1.29 is 28.2 Å². The molecule has 2 aromatic rings. The van der Waals surface area contributed by atoms with Crippen LogP contribution in [0.15, 0.2) is 30.3 Å². The molecule has 0 aliphatic heterocycles. The maximum Gasteiger partial charge on any atom is 0.232 e. The first-order valence-electron chi connectivity index (χ1n) is 8.04. The van der Waals surface area contributed by atoms with Gasteiger partial charge in [-0.05, 0) is 12.5 Å². The summed E-state index contributed by atoms with van der Waals surface area (Å²) in [7, 11) is -3.77. The van der Waals surface area contributed by atoms with Crippen LogP contribution in [0.4, 0.5) is 5.69 Å². The molecule has 0 amide bonds. The molecule has 0 heterocycles. The largest absolute Gasteiger partial charge is 0.504 e. The number of nitrogens with one attached hydrogen (secondary N) is 1. The summed E-state index contributed by atoms with van der Waals surface area (Å²) in [6.07, 6.45) is 1.07. The Bertz CT molecular complexity index is 1030. The van der Waals surface area contributed by atoms with Gasteiger partial charge in [-0.3, -0.25) is 14.3 Å². The van der Waals surface area contributed by atoms with Crippen LogP contribution in [-0.4, -0.2) is 36.0 Å². The molecule has 0 aromatic heterocycles. The van der Waals surface area contributed by atoms with Crippen LogP contribution in [0.3, 0.4) is 0 Å². The fraction of sp³-hybridized carbons (Fsp3) is 0.222. The van der Waals surface area contributed by atoms with Gasteiger partial charge >= 0.3 is 0 Å². The lowest BCUT2D eigenvalue weighted by Gasteiger charge is -2.20. The van der Waals surface area contributed by atoms with Crippen molar-refractivity contribution in [2.24, 2.45) is 0 Å². The fourth-order valence-corrected chi connectivity index (χ4v) is 4.12. The molecular weight excluding hydrogens is 358 g/mol. The summed E-state index contributed by atoms with van der Waals surface area (Å²) in [5.74, 6) is -2.91. The fourth-order valence-electron chi connectivity index (χ4n) is 2.86. The highest BCUT2D eigenvalue weighted by atomic mass is 32.2. The predicted octanol–water partition coefficient (Wildman–Crippen LogP) is 2.42. The van der Waals surface area contributed by atoms with Gasteiger partial charge in [0.05, 0.1) is 17.0 Å². The van der Waals surface area contributed by atoms with E-state index in [1.165, 1.54) is 12.1 Å². The molecule has 2 aromatic carbocycles. The van der Waals surface area contributed by atoms with Gasteiger partial charge in [0, 0.05) is 16.7 Å². The Morgan fingerprint density at radius 2 is 1.58 bits per heavy atom. The van der Waals surface area contributed by atoms with Crippen LogP contribution >= 0.6 is 0 Å². The molecular formula is C18H17NO6S. The third-order valence-corrected chi connectivity index (χ3v) is 5.55. The second-order valence-corrected chi connectivity index (χ2v) is 7.86. The van der Waals surface area contributed by atoms with Crippen LogP contribution < -0.4 is 4.72 Å². The van der Waals surface area contributed by atoms with Crippen LogP contribution in [0, 0.1) is 0 Å². The Hall–Kier alpha value is -2.87. The van der Waals surface area contributed by atoms with E-state index in [0.29, 0.717) is 12.8 Å². The molecule has 1 aliphatic rings. The molecule has 7 nitrogen and oxygen atoms in total. The van der Waals surface area contributed by atoms with Gasteiger partial charge in [0.25, 0.3) is 0 Å². The Labute approximate surface area is 150 Å². The Morgan fingerprint density at radius 1 is 0.962 bits per heavy atom. The van der Waals surface area contributed by atoms with Crippen LogP contribution in [0.5, 0.6) is 11.5 Å². The summed E-state index contributed by atoms with van der Waals surface area (Å²) in [6, 6.07) is 7.21. The van der Waals surface area contributed by atoms with Gasteiger partial charge in [-0.25, -0.2) is 8.42 Å². The quantitative estimate of drug-likeness (QED) is 0.589. The van der Waals surface area contributed by atoms with Crippen LogP contribution in [0.1, 0.15) is 51.6 Å². The van der Waals surface area contributed by atoms with Gasteiger partial charge in [0.2, 0.25) is 10.0 Å². The average molecular weight is 375 g/mol. The number of rotatable bonds is 5. The van der Waals surface area contributed by atoms with Crippen molar-refractivity contribution in [2.45, 2.75) is 19.8 Å². The minimum absolute atomic E-state index is 0.121. The number of hydrogen-bond donors (Lipinski definition) is 3. The molecule has 0 spiro atoms. The number of phenols is 2. The predicted molar refractivity (Wildman–Crippen MR) is 95.4 cm³/mol. The van der Waals surface area contributed by atoms with E-state index in [4.69, 9.17) is 0 Å². The van der Waals surface area contributed by atoms with Gasteiger partial charge in [-0.2, -0.15) is 0 Å². The molecule has 0 atom stereocenters. The van der Waals surface area contributed by atoms with Crippen LogP contribution in [0.25, 0.3) is 0 Å². The molecule has 26 heavy (non-hydrogen) atoms. The summed E-state index contributed by atoms with van der Waals surface area (Å²) in [5, 5.41) is 20.4. The lowest BCUT2D eigenvalue weighted by molar-refractivity contribution is 0.0976. The Kier molecular flexibility index (Phi) is 4.45. The Balaban J connectivity index is 2.12. The van der Waals surface area contributed by atoms with Crippen molar-refractivity contribution in [2.75, 3.05) is 10.5 Å². The molecule has 1 aliphatic carbocycles. The number of carbonyl (C=O) groups is 2. The zero-order valence-electron chi connectivity index (χ0n) is 13.9. The van der Waals surface area contributed by atoms with E-state index in [1.807, 2.05) is 6.92 Å². The molecule has 0 radical (unpaired) electrons. The number of anilines is 1. The maximum absolute atomic E-state index is 12.7. The van der Waals surface area contributed by atoms with E-state index in [9.17, 15) is 28.2 Å². The van der Waals surface area contributed by atoms with E-state index < -0.39 is 33.1 Å². The van der Waals surface area contributed by atoms with Gasteiger partial charge in [0.1, 0.15) is 0 Å². The van der Waals surface area contributed by atoms with Gasteiger partial charge in [0.15, 0.2) is 23.1 Å². The summed E-state index contributed by atoms with van der Waals surface area (Å²) < 4.78 is 26.3. The number of hydrogen-bond acceptors (Lipinski definition) is 6. The number of benzene rings is 2. The molecule has 3 N–H and O–H groups in total. The monoisotopic (exact) mass is 375 g/mol. The average Bonchev–Trinajstić information content (AvgIpc) is 2.61. The van der Waals surface area contributed by atoms with E-state index >= 15 is 0 Å². The maximum atomic E-state index is 12.7. The SMILES string of the molecule is CCCCS(=O)(=O)Nc1cc2c(c(O)c1O)C(=O)c1ccccc1C2=O. The lowest BCUT2D eigenvalue weighted by atomic mass is 9.83. The zero-order valence-corrected chi connectivity index (χ0v) is 14.8. The number of fused-ring (bicyclic) bond motifs is 2. The number of sulfonamides is 1. The van der Waals surface area contributed by atoms with Gasteiger partial charge < -0.3 is 10.2 Å². The lowest BCUT2D eigenvalue weighted by Crippen LogP contribution is -2.22. The molecule has 136 valence electrons. The van der Waals surface area contributed by atoms with Crippen molar-refractivity contribution >= 4 is 27.3 Å². The van der Waals surface area contributed by atoms with Gasteiger partial charge in [-0.1, -0.05) is 37.6 Å². The first-order valence-corrected chi connectivity index (χ1v) is 9.70.